The zero-order chi connectivity index (χ0) is 15.6. The van der Waals surface area contributed by atoms with Crippen molar-refractivity contribution in [2.75, 3.05) is 6.54 Å². The molecule has 1 aromatic carbocycles. The van der Waals surface area contributed by atoms with Gasteiger partial charge in [-0.3, -0.25) is 14.5 Å². The van der Waals surface area contributed by atoms with E-state index in [4.69, 9.17) is 0 Å². The molecule has 2 rings (SSSR count). The third-order valence-corrected chi connectivity index (χ3v) is 3.92. The van der Waals surface area contributed by atoms with Crippen LogP contribution in [0.25, 0.3) is 0 Å². The van der Waals surface area contributed by atoms with E-state index in [9.17, 15) is 18.8 Å². The van der Waals surface area contributed by atoms with Gasteiger partial charge in [0.05, 0.1) is 6.54 Å². The van der Waals surface area contributed by atoms with Crippen molar-refractivity contribution in [1.29, 1.82) is 0 Å². The van der Waals surface area contributed by atoms with Gasteiger partial charge in [-0.15, -0.1) is 0 Å². The monoisotopic (exact) mass is 292 g/mol. The first kappa shape index (κ1) is 15.2. The molecule has 1 heterocycles. The lowest BCUT2D eigenvalue weighted by molar-refractivity contribution is -0.131. The summed E-state index contributed by atoms with van der Waals surface area (Å²) in [7, 11) is 0. The highest BCUT2D eigenvalue weighted by molar-refractivity contribution is 6.11. The van der Waals surface area contributed by atoms with Gasteiger partial charge in [-0.05, 0) is 37.1 Å². The minimum Gasteiger partial charge on any atom is -0.323 e. The van der Waals surface area contributed by atoms with E-state index in [1.807, 2.05) is 13.8 Å². The average Bonchev–Trinajstić information content (AvgIpc) is 2.72. The summed E-state index contributed by atoms with van der Waals surface area (Å²) in [6.07, 6.45) is 0.935. The fourth-order valence-corrected chi connectivity index (χ4v) is 2.42. The molecule has 1 N–H and O–H groups in total. The molecule has 0 bridgehead atoms. The highest BCUT2D eigenvalue weighted by atomic mass is 19.1. The second-order valence-electron chi connectivity index (χ2n) is 5.04. The molecular formula is C15H17FN2O3. The minimum absolute atomic E-state index is 0.266. The molecule has 3 amide bonds. The Bertz CT molecular complexity index is 579. The molecule has 1 fully saturated rings. The zero-order valence-electron chi connectivity index (χ0n) is 12.0. The van der Waals surface area contributed by atoms with E-state index in [0.717, 1.165) is 4.90 Å². The summed E-state index contributed by atoms with van der Waals surface area (Å²) in [5.41, 5.74) is -0.650. The first-order valence-corrected chi connectivity index (χ1v) is 6.86. The van der Waals surface area contributed by atoms with Crippen LogP contribution in [0.3, 0.4) is 0 Å². The lowest BCUT2D eigenvalue weighted by Crippen LogP contribution is -2.46. The number of Topliss-reactive ketones (excluding diaryl/α,β-unsaturated/α-hetero) is 1. The van der Waals surface area contributed by atoms with Gasteiger partial charge >= 0.3 is 6.03 Å². The Morgan fingerprint density at radius 2 is 1.76 bits per heavy atom. The quantitative estimate of drug-likeness (QED) is 0.667. The maximum atomic E-state index is 12.8. The maximum absolute atomic E-state index is 12.8. The van der Waals surface area contributed by atoms with Gasteiger partial charge in [0, 0.05) is 5.56 Å². The number of ketones is 1. The van der Waals surface area contributed by atoms with Gasteiger partial charge in [-0.2, -0.15) is 0 Å². The Morgan fingerprint density at radius 1 is 1.19 bits per heavy atom. The first-order chi connectivity index (χ1) is 9.93. The lowest BCUT2D eigenvalue weighted by atomic mass is 9.93. The molecule has 112 valence electrons. The van der Waals surface area contributed by atoms with Crippen LogP contribution in [0.1, 0.15) is 37.0 Å². The second-order valence-corrected chi connectivity index (χ2v) is 5.04. The minimum atomic E-state index is -0.917. The number of nitrogens with one attached hydrogen (secondary N) is 1. The molecule has 0 aliphatic carbocycles. The van der Waals surface area contributed by atoms with Crippen LogP contribution in [0.15, 0.2) is 24.3 Å². The molecule has 0 saturated carbocycles. The van der Waals surface area contributed by atoms with Crippen molar-refractivity contribution in [2.45, 2.75) is 32.2 Å². The smallest absolute Gasteiger partial charge is 0.323 e. The van der Waals surface area contributed by atoms with Crippen molar-refractivity contribution in [3.8, 4) is 0 Å². The molecular weight excluding hydrogens is 275 g/mol. The molecule has 1 saturated heterocycles. The standard InChI is InChI=1S/C15H17FN2O3/c1-3-15(4-2)13(20)18(14(21)17-15)9-12(19)10-5-7-11(16)8-6-10/h5-8H,3-4,9H2,1-2H3,(H,17,21). The highest BCUT2D eigenvalue weighted by Gasteiger charge is 2.49. The Kier molecular flexibility index (Phi) is 4.06. The lowest BCUT2D eigenvalue weighted by Gasteiger charge is -2.22. The Balaban J connectivity index is 2.16. The summed E-state index contributed by atoms with van der Waals surface area (Å²) in [4.78, 5) is 37.3. The van der Waals surface area contributed by atoms with E-state index < -0.39 is 23.2 Å². The number of imide groups is 1. The van der Waals surface area contributed by atoms with Gasteiger partial charge < -0.3 is 5.32 Å². The molecule has 21 heavy (non-hydrogen) atoms. The van der Waals surface area contributed by atoms with Gasteiger partial charge in [-0.25, -0.2) is 9.18 Å². The van der Waals surface area contributed by atoms with E-state index in [1.54, 1.807) is 0 Å². The van der Waals surface area contributed by atoms with Crippen molar-refractivity contribution >= 4 is 17.7 Å². The average molecular weight is 292 g/mol. The van der Waals surface area contributed by atoms with Gasteiger partial charge in [-0.1, -0.05) is 13.8 Å². The number of hydrogen-bond donors (Lipinski definition) is 1. The summed E-state index contributed by atoms with van der Waals surface area (Å²) in [5.74, 6) is -1.23. The molecule has 1 aliphatic heterocycles. The molecule has 6 heteroatoms. The third-order valence-electron chi connectivity index (χ3n) is 3.92. The molecule has 1 aliphatic rings. The van der Waals surface area contributed by atoms with Crippen molar-refractivity contribution in [2.24, 2.45) is 0 Å². The van der Waals surface area contributed by atoms with Crippen molar-refractivity contribution in [3.05, 3.63) is 35.6 Å². The molecule has 1 aromatic rings. The molecule has 0 radical (unpaired) electrons. The number of hydrogen-bond acceptors (Lipinski definition) is 3. The van der Waals surface area contributed by atoms with Gasteiger partial charge in [0.2, 0.25) is 0 Å². The molecule has 0 spiro atoms. The van der Waals surface area contributed by atoms with Crippen LogP contribution in [-0.4, -0.2) is 34.7 Å². The van der Waals surface area contributed by atoms with Crippen molar-refractivity contribution < 1.29 is 18.8 Å². The van der Waals surface area contributed by atoms with Crippen LogP contribution < -0.4 is 5.32 Å². The topological polar surface area (TPSA) is 66.5 Å². The molecule has 0 atom stereocenters. The van der Waals surface area contributed by atoms with Crippen LogP contribution >= 0.6 is 0 Å². The summed E-state index contributed by atoms with van der Waals surface area (Å²) in [6, 6.07) is 4.45. The SMILES string of the molecule is CCC1(CC)NC(=O)N(CC(=O)c2ccc(F)cc2)C1=O. The highest BCUT2D eigenvalue weighted by Crippen LogP contribution is 2.25. The normalized spacial score (nSPS) is 17.0. The summed E-state index contributed by atoms with van der Waals surface area (Å²) in [6.45, 7) is 3.29. The van der Waals surface area contributed by atoms with E-state index in [-0.39, 0.29) is 18.0 Å². The van der Waals surface area contributed by atoms with Crippen LogP contribution in [-0.2, 0) is 4.79 Å². The fraction of sp³-hybridized carbons (Fsp3) is 0.400. The molecule has 0 aromatic heterocycles. The summed E-state index contributed by atoms with van der Waals surface area (Å²) < 4.78 is 12.8. The van der Waals surface area contributed by atoms with Gasteiger partial charge in [0.15, 0.2) is 5.78 Å². The second kappa shape index (κ2) is 5.63. The Hall–Kier alpha value is -2.24. The predicted molar refractivity (Wildman–Crippen MR) is 74.3 cm³/mol. The maximum Gasteiger partial charge on any atom is 0.325 e. The number of carbonyl (C=O) groups excluding carboxylic acids is 3. The Morgan fingerprint density at radius 3 is 2.24 bits per heavy atom. The number of rotatable bonds is 5. The van der Waals surface area contributed by atoms with Crippen molar-refractivity contribution in [3.63, 3.8) is 0 Å². The van der Waals surface area contributed by atoms with E-state index in [0.29, 0.717) is 12.8 Å². The van der Waals surface area contributed by atoms with Crippen LogP contribution in [0.2, 0.25) is 0 Å². The number of halogens is 1. The fourth-order valence-electron chi connectivity index (χ4n) is 2.42. The molecule has 5 nitrogen and oxygen atoms in total. The van der Waals surface area contributed by atoms with Crippen LogP contribution in [0.5, 0.6) is 0 Å². The number of nitrogens with zero attached hydrogens (tertiary/aromatic N) is 1. The van der Waals surface area contributed by atoms with Crippen LogP contribution in [0.4, 0.5) is 9.18 Å². The van der Waals surface area contributed by atoms with E-state index >= 15 is 0 Å². The summed E-state index contributed by atoms with van der Waals surface area (Å²) >= 11 is 0. The largest absolute Gasteiger partial charge is 0.325 e. The number of urea groups is 1. The number of amides is 3. The number of benzene rings is 1. The molecule has 0 unspecified atom stereocenters. The van der Waals surface area contributed by atoms with E-state index in [1.165, 1.54) is 24.3 Å². The Labute approximate surface area is 122 Å². The van der Waals surface area contributed by atoms with Gasteiger partial charge in [0.25, 0.3) is 5.91 Å². The van der Waals surface area contributed by atoms with Gasteiger partial charge in [0.1, 0.15) is 11.4 Å². The predicted octanol–water partition coefficient (Wildman–Crippen LogP) is 2.12. The number of carbonyl (C=O) groups is 3. The summed E-state index contributed by atoms with van der Waals surface area (Å²) in [5, 5.41) is 2.66. The first-order valence-electron chi connectivity index (χ1n) is 6.86. The van der Waals surface area contributed by atoms with E-state index in [2.05, 4.69) is 5.32 Å². The van der Waals surface area contributed by atoms with Crippen molar-refractivity contribution in [1.82, 2.24) is 10.2 Å². The third kappa shape index (κ3) is 2.66. The zero-order valence-corrected chi connectivity index (χ0v) is 12.0. The van der Waals surface area contributed by atoms with Crippen LogP contribution in [0, 0.1) is 5.82 Å².